The molecule has 0 atom stereocenters. The summed E-state index contributed by atoms with van der Waals surface area (Å²) in [4.78, 5) is 34.0. The fraction of sp³-hybridized carbons (Fsp3) is 0.167. The number of non-ortho nitro benzene ring substituents is 1. The van der Waals surface area contributed by atoms with Crippen LogP contribution >= 0.6 is 0 Å². The van der Waals surface area contributed by atoms with Gasteiger partial charge in [-0.05, 0) is 37.6 Å². The third-order valence-electron chi connectivity index (χ3n) is 3.47. The molecule has 0 radical (unpaired) electrons. The minimum absolute atomic E-state index is 0.0131. The van der Waals surface area contributed by atoms with E-state index in [0.717, 1.165) is 5.56 Å². The molecule has 2 N–H and O–H groups in total. The van der Waals surface area contributed by atoms with Crippen LogP contribution in [0.1, 0.15) is 18.9 Å². The fourth-order valence-corrected chi connectivity index (χ4v) is 2.10. The molecule has 134 valence electrons. The standard InChI is InChI=1S/C18H18N4O4/c1-12-5-3-4-6-16(12)19-18(24)17(11-13(2)23)21-20-14-7-9-15(10-8-14)22(25)26/h3-10,20H,11H2,1-2H3,(H,19,24)/b21-17-. The van der Waals surface area contributed by atoms with E-state index in [0.29, 0.717) is 11.4 Å². The number of nitrogens with zero attached hydrogens (tertiary/aromatic N) is 2. The van der Waals surface area contributed by atoms with Crippen molar-refractivity contribution in [2.45, 2.75) is 20.3 Å². The number of anilines is 2. The van der Waals surface area contributed by atoms with Crippen molar-refractivity contribution in [3.8, 4) is 0 Å². The third kappa shape index (κ3) is 5.23. The van der Waals surface area contributed by atoms with E-state index in [1.807, 2.05) is 19.1 Å². The molecule has 2 aromatic carbocycles. The second-order valence-electron chi connectivity index (χ2n) is 5.62. The van der Waals surface area contributed by atoms with Crippen LogP contribution in [-0.2, 0) is 9.59 Å². The maximum atomic E-state index is 12.4. The van der Waals surface area contributed by atoms with E-state index in [1.165, 1.54) is 31.2 Å². The van der Waals surface area contributed by atoms with Gasteiger partial charge in [-0.2, -0.15) is 5.10 Å². The van der Waals surface area contributed by atoms with Gasteiger partial charge >= 0.3 is 0 Å². The first kappa shape index (κ1) is 18.8. The largest absolute Gasteiger partial charge is 0.321 e. The molecule has 26 heavy (non-hydrogen) atoms. The Bertz CT molecular complexity index is 860. The van der Waals surface area contributed by atoms with Crippen molar-refractivity contribution in [1.29, 1.82) is 0 Å². The van der Waals surface area contributed by atoms with E-state index < -0.39 is 10.8 Å². The van der Waals surface area contributed by atoms with Gasteiger partial charge in [0, 0.05) is 17.8 Å². The molecule has 0 bridgehead atoms. The average molecular weight is 354 g/mol. The number of amides is 1. The Balaban J connectivity index is 2.16. The van der Waals surface area contributed by atoms with Crippen LogP contribution in [0.5, 0.6) is 0 Å². The molecule has 0 fully saturated rings. The zero-order valence-electron chi connectivity index (χ0n) is 14.4. The zero-order valence-corrected chi connectivity index (χ0v) is 14.4. The van der Waals surface area contributed by atoms with Gasteiger partial charge in [-0.3, -0.25) is 25.1 Å². The summed E-state index contributed by atoms with van der Waals surface area (Å²) in [5, 5.41) is 17.4. The van der Waals surface area contributed by atoms with Gasteiger partial charge < -0.3 is 5.32 Å². The SMILES string of the molecule is CC(=O)C/C(=N/Nc1ccc([N+](=O)[O-])cc1)C(=O)Nc1ccccc1C. The maximum Gasteiger partial charge on any atom is 0.272 e. The highest BCUT2D eigenvalue weighted by Crippen LogP contribution is 2.16. The molecule has 0 unspecified atom stereocenters. The molecule has 0 spiro atoms. The lowest BCUT2D eigenvalue weighted by Gasteiger charge is -2.10. The zero-order chi connectivity index (χ0) is 19.1. The number of hydrogen-bond donors (Lipinski definition) is 2. The van der Waals surface area contributed by atoms with E-state index in [1.54, 1.807) is 12.1 Å². The summed E-state index contributed by atoms with van der Waals surface area (Å²) in [6.45, 7) is 3.22. The van der Waals surface area contributed by atoms with Crippen LogP contribution < -0.4 is 10.7 Å². The number of ketones is 1. The number of nitro groups is 1. The topological polar surface area (TPSA) is 114 Å². The number of aryl methyl sites for hydroxylation is 1. The van der Waals surface area contributed by atoms with Gasteiger partial charge in [0.2, 0.25) is 0 Å². The summed E-state index contributed by atoms with van der Waals surface area (Å²) in [6, 6.07) is 12.8. The molecule has 0 aromatic heterocycles. The van der Waals surface area contributed by atoms with Gasteiger partial charge in [0.25, 0.3) is 11.6 Å². The molecule has 0 heterocycles. The highest BCUT2D eigenvalue weighted by Gasteiger charge is 2.15. The van der Waals surface area contributed by atoms with Crippen LogP contribution in [0, 0.1) is 17.0 Å². The summed E-state index contributed by atoms with van der Waals surface area (Å²) in [7, 11) is 0. The summed E-state index contributed by atoms with van der Waals surface area (Å²) in [5.74, 6) is -0.710. The van der Waals surface area contributed by atoms with E-state index in [9.17, 15) is 19.7 Å². The molecule has 8 heteroatoms. The Morgan fingerprint density at radius 2 is 1.77 bits per heavy atom. The quantitative estimate of drug-likeness (QED) is 0.450. The predicted octanol–water partition coefficient (Wildman–Crippen LogP) is 3.29. The number of nitro benzene ring substituents is 1. The second-order valence-corrected chi connectivity index (χ2v) is 5.62. The van der Waals surface area contributed by atoms with Crippen LogP contribution in [-0.4, -0.2) is 22.3 Å². The molecule has 0 aliphatic heterocycles. The minimum atomic E-state index is -0.510. The molecule has 2 rings (SSSR count). The first-order chi connectivity index (χ1) is 12.4. The first-order valence-corrected chi connectivity index (χ1v) is 7.80. The Labute approximate surface area is 150 Å². The third-order valence-corrected chi connectivity index (χ3v) is 3.47. The Hall–Kier alpha value is -3.55. The Kier molecular flexibility index (Phi) is 6.15. The maximum absolute atomic E-state index is 12.4. The van der Waals surface area contributed by atoms with Crippen LogP contribution in [0.2, 0.25) is 0 Å². The number of Topliss-reactive ketones (excluding diaryl/α,β-unsaturated/α-hetero) is 1. The van der Waals surface area contributed by atoms with Gasteiger partial charge in [0.15, 0.2) is 0 Å². The number of carbonyl (C=O) groups excluding carboxylic acids is 2. The molecule has 0 aliphatic rings. The number of nitrogens with one attached hydrogen (secondary N) is 2. The minimum Gasteiger partial charge on any atom is -0.321 e. The summed E-state index contributed by atoms with van der Waals surface area (Å²) < 4.78 is 0. The van der Waals surface area contributed by atoms with Gasteiger partial charge in [-0.1, -0.05) is 18.2 Å². The predicted molar refractivity (Wildman–Crippen MR) is 99.3 cm³/mol. The van der Waals surface area contributed by atoms with Crippen molar-refractivity contribution >= 4 is 34.5 Å². The molecule has 0 saturated carbocycles. The first-order valence-electron chi connectivity index (χ1n) is 7.80. The number of hydrazone groups is 1. The van der Waals surface area contributed by atoms with Crippen LogP contribution in [0.3, 0.4) is 0 Å². The molecule has 0 saturated heterocycles. The van der Waals surface area contributed by atoms with Gasteiger partial charge in [0.05, 0.1) is 17.0 Å². The molecular formula is C18H18N4O4. The fourth-order valence-electron chi connectivity index (χ4n) is 2.10. The van der Waals surface area contributed by atoms with Gasteiger partial charge in [0.1, 0.15) is 11.5 Å². The van der Waals surface area contributed by atoms with Crippen molar-refractivity contribution in [2.75, 3.05) is 10.7 Å². The monoisotopic (exact) mass is 354 g/mol. The molecule has 1 amide bonds. The molecule has 8 nitrogen and oxygen atoms in total. The van der Waals surface area contributed by atoms with E-state index in [4.69, 9.17) is 0 Å². The van der Waals surface area contributed by atoms with E-state index in [-0.39, 0.29) is 23.6 Å². The van der Waals surface area contributed by atoms with Gasteiger partial charge in [-0.15, -0.1) is 0 Å². The molecular weight excluding hydrogens is 336 g/mol. The number of rotatable bonds is 7. The van der Waals surface area contributed by atoms with E-state index >= 15 is 0 Å². The van der Waals surface area contributed by atoms with Gasteiger partial charge in [-0.25, -0.2) is 0 Å². The number of hydrogen-bond acceptors (Lipinski definition) is 6. The summed E-state index contributed by atoms with van der Waals surface area (Å²) >= 11 is 0. The lowest BCUT2D eigenvalue weighted by atomic mass is 10.1. The summed E-state index contributed by atoms with van der Waals surface area (Å²) in [5.41, 5.74) is 4.58. The highest BCUT2D eigenvalue weighted by molar-refractivity contribution is 6.45. The Morgan fingerprint density at radius 3 is 2.35 bits per heavy atom. The van der Waals surface area contributed by atoms with Crippen LogP contribution in [0.25, 0.3) is 0 Å². The lowest BCUT2D eigenvalue weighted by Crippen LogP contribution is -2.26. The smallest absolute Gasteiger partial charge is 0.272 e. The number of benzene rings is 2. The lowest BCUT2D eigenvalue weighted by molar-refractivity contribution is -0.384. The Morgan fingerprint density at radius 1 is 1.12 bits per heavy atom. The van der Waals surface area contributed by atoms with Crippen molar-refractivity contribution in [3.05, 3.63) is 64.2 Å². The number of carbonyl (C=O) groups is 2. The average Bonchev–Trinajstić information content (AvgIpc) is 2.60. The second kappa shape index (κ2) is 8.52. The summed E-state index contributed by atoms with van der Waals surface area (Å²) in [6.07, 6.45) is -0.141. The highest BCUT2D eigenvalue weighted by atomic mass is 16.6. The van der Waals surface area contributed by atoms with Crippen molar-refractivity contribution in [2.24, 2.45) is 5.10 Å². The molecule has 0 aliphatic carbocycles. The molecule has 2 aromatic rings. The van der Waals surface area contributed by atoms with E-state index in [2.05, 4.69) is 15.8 Å². The van der Waals surface area contributed by atoms with Crippen molar-refractivity contribution in [1.82, 2.24) is 0 Å². The number of para-hydroxylation sites is 1. The van der Waals surface area contributed by atoms with Crippen LogP contribution in [0.15, 0.2) is 53.6 Å². The normalized spacial score (nSPS) is 10.9. The van der Waals surface area contributed by atoms with Crippen molar-refractivity contribution in [3.63, 3.8) is 0 Å². The van der Waals surface area contributed by atoms with Crippen molar-refractivity contribution < 1.29 is 14.5 Å². The van der Waals surface area contributed by atoms with Crippen LogP contribution in [0.4, 0.5) is 17.1 Å².